The first-order valence-electron chi connectivity index (χ1n) is 7.65. The number of benzene rings is 1. The van der Waals surface area contributed by atoms with Crippen molar-refractivity contribution in [3.8, 4) is 0 Å². The highest BCUT2D eigenvalue weighted by Crippen LogP contribution is 2.34. The maximum absolute atomic E-state index is 12.7. The summed E-state index contributed by atoms with van der Waals surface area (Å²) >= 11 is 5.92. The fourth-order valence-corrected chi connectivity index (χ4v) is 2.81. The normalized spacial score (nSPS) is 15.1. The van der Waals surface area contributed by atoms with E-state index in [4.69, 9.17) is 16.7 Å². The quantitative estimate of drug-likeness (QED) is 0.865. The molecule has 8 heteroatoms. The van der Waals surface area contributed by atoms with E-state index in [-0.39, 0.29) is 30.2 Å². The summed E-state index contributed by atoms with van der Waals surface area (Å²) in [5, 5.41) is 16.8. The molecule has 1 fully saturated rings. The summed E-state index contributed by atoms with van der Waals surface area (Å²) in [6.07, 6.45) is 3.21. The lowest BCUT2D eigenvalue weighted by Crippen LogP contribution is -2.38. The van der Waals surface area contributed by atoms with Crippen LogP contribution in [0.25, 0.3) is 0 Å². The summed E-state index contributed by atoms with van der Waals surface area (Å²) in [6.45, 7) is 1.94. The van der Waals surface area contributed by atoms with Crippen LogP contribution in [0.2, 0.25) is 5.02 Å². The Morgan fingerprint density at radius 1 is 1.38 bits per heavy atom. The van der Waals surface area contributed by atoms with Crippen molar-refractivity contribution in [2.75, 3.05) is 0 Å². The van der Waals surface area contributed by atoms with Crippen LogP contribution in [0.4, 0.5) is 0 Å². The van der Waals surface area contributed by atoms with Gasteiger partial charge in [0.05, 0.1) is 12.2 Å². The van der Waals surface area contributed by atoms with Gasteiger partial charge in [-0.2, -0.15) is 0 Å². The fourth-order valence-electron chi connectivity index (χ4n) is 2.68. The molecule has 1 atom stereocenters. The van der Waals surface area contributed by atoms with E-state index >= 15 is 0 Å². The van der Waals surface area contributed by atoms with Crippen LogP contribution in [0.1, 0.15) is 41.9 Å². The van der Waals surface area contributed by atoms with Gasteiger partial charge in [-0.3, -0.25) is 4.79 Å². The van der Waals surface area contributed by atoms with Crippen LogP contribution < -0.4 is 0 Å². The van der Waals surface area contributed by atoms with Gasteiger partial charge in [0, 0.05) is 11.1 Å². The topological polar surface area (TPSA) is 88.3 Å². The second-order valence-electron chi connectivity index (χ2n) is 5.87. The van der Waals surface area contributed by atoms with Crippen molar-refractivity contribution in [3.63, 3.8) is 0 Å². The Kier molecular flexibility index (Phi) is 4.53. The third-order valence-corrected chi connectivity index (χ3v) is 4.30. The highest BCUT2D eigenvalue weighted by atomic mass is 35.5. The van der Waals surface area contributed by atoms with Gasteiger partial charge in [-0.15, -0.1) is 5.10 Å². The molecular formula is C16H17ClN4O3. The standard InChI is InChI=1S/C16H17ClN4O3/c1-10(11-2-4-12(17)5-3-11)21(13-6-7-13)15(22)9-20-8-14(16(23)24)18-19-20/h2-5,8,10,13H,6-7,9H2,1H3,(H,23,24). The van der Waals surface area contributed by atoms with E-state index in [1.807, 2.05) is 24.0 Å². The molecule has 1 aromatic carbocycles. The Hall–Kier alpha value is -2.41. The first-order valence-corrected chi connectivity index (χ1v) is 8.03. The number of amides is 1. The molecule has 1 aliphatic carbocycles. The number of carboxylic acids is 1. The highest BCUT2D eigenvalue weighted by molar-refractivity contribution is 6.30. The van der Waals surface area contributed by atoms with Crippen molar-refractivity contribution in [3.05, 3.63) is 46.7 Å². The maximum Gasteiger partial charge on any atom is 0.358 e. The van der Waals surface area contributed by atoms with Crippen molar-refractivity contribution in [2.24, 2.45) is 0 Å². The number of hydrogen-bond donors (Lipinski definition) is 1. The first kappa shape index (κ1) is 16.4. The highest BCUT2D eigenvalue weighted by Gasteiger charge is 2.36. The molecule has 1 aliphatic rings. The zero-order chi connectivity index (χ0) is 17.3. The summed E-state index contributed by atoms with van der Waals surface area (Å²) in [4.78, 5) is 25.4. The number of carboxylic acid groups (broad SMARTS) is 1. The van der Waals surface area contributed by atoms with Crippen LogP contribution >= 0.6 is 11.6 Å². The molecule has 24 heavy (non-hydrogen) atoms. The molecule has 3 rings (SSSR count). The summed E-state index contributed by atoms with van der Waals surface area (Å²) in [7, 11) is 0. The fraction of sp³-hybridized carbons (Fsp3) is 0.375. The first-order chi connectivity index (χ1) is 11.5. The molecule has 0 bridgehead atoms. The van der Waals surface area contributed by atoms with Gasteiger partial charge in [0.2, 0.25) is 5.91 Å². The molecule has 0 saturated heterocycles. The smallest absolute Gasteiger partial charge is 0.358 e. The Balaban J connectivity index is 1.75. The van der Waals surface area contributed by atoms with Crippen LogP contribution in [-0.2, 0) is 11.3 Å². The number of nitrogens with zero attached hydrogens (tertiary/aromatic N) is 4. The van der Waals surface area contributed by atoms with E-state index in [2.05, 4.69) is 10.3 Å². The third kappa shape index (κ3) is 3.56. The molecule has 1 heterocycles. The zero-order valence-electron chi connectivity index (χ0n) is 13.1. The van der Waals surface area contributed by atoms with Crippen molar-refractivity contribution in [1.82, 2.24) is 19.9 Å². The number of aromatic carboxylic acids is 1. The minimum absolute atomic E-state index is 0.0330. The van der Waals surface area contributed by atoms with Gasteiger partial charge < -0.3 is 10.0 Å². The lowest BCUT2D eigenvalue weighted by Gasteiger charge is -2.29. The molecule has 1 saturated carbocycles. The van der Waals surface area contributed by atoms with Gasteiger partial charge in [0.15, 0.2) is 5.69 Å². The second kappa shape index (κ2) is 6.60. The monoisotopic (exact) mass is 348 g/mol. The lowest BCUT2D eigenvalue weighted by molar-refractivity contribution is -0.135. The zero-order valence-corrected chi connectivity index (χ0v) is 13.8. The number of carbonyl (C=O) groups is 2. The molecule has 2 aromatic rings. The summed E-state index contributed by atoms with van der Waals surface area (Å²) in [5.74, 6) is -1.27. The number of halogens is 1. The predicted octanol–water partition coefficient (Wildman–Crippen LogP) is 2.38. The number of aromatic nitrogens is 3. The van der Waals surface area contributed by atoms with E-state index in [1.165, 1.54) is 10.9 Å². The largest absolute Gasteiger partial charge is 0.476 e. The van der Waals surface area contributed by atoms with E-state index < -0.39 is 5.97 Å². The molecule has 1 amide bonds. The summed E-state index contributed by atoms with van der Waals surface area (Å²) in [6, 6.07) is 7.55. The lowest BCUT2D eigenvalue weighted by atomic mass is 10.1. The molecule has 7 nitrogen and oxygen atoms in total. The number of rotatable bonds is 6. The van der Waals surface area contributed by atoms with Gasteiger partial charge in [-0.25, -0.2) is 9.48 Å². The van der Waals surface area contributed by atoms with Crippen LogP contribution in [0.5, 0.6) is 0 Å². The molecule has 126 valence electrons. The van der Waals surface area contributed by atoms with Crippen molar-refractivity contribution in [1.29, 1.82) is 0 Å². The molecule has 0 spiro atoms. The van der Waals surface area contributed by atoms with Crippen molar-refractivity contribution >= 4 is 23.5 Å². The van der Waals surface area contributed by atoms with Crippen LogP contribution in [0.15, 0.2) is 30.5 Å². The molecule has 0 radical (unpaired) electrons. The van der Waals surface area contributed by atoms with Crippen LogP contribution in [0.3, 0.4) is 0 Å². The third-order valence-electron chi connectivity index (χ3n) is 4.05. The van der Waals surface area contributed by atoms with Gasteiger partial charge in [0.25, 0.3) is 0 Å². The Labute approximate surface area is 143 Å². The average Bonchev–Trinajstić information content (AvgIpc) is 3.25. The summed E-state index contributed by atoms with van der Waals surface area (Å²) in [5.41, 5.74) is 0.830. The SMILES string of the molecule is CC(c1ccc(Cl)cc1)N(C(=O)Cn1cc(C(=O)O)nn1)C1CC1. The maximum atomic E-state index is 12.7. The van der Waals surface area contributed by atoms with E-state index in [1.54, 1.807) is 12.1 Å². The predicted molar refractivity (Wildman–Crippen MR) is 86.7 cm³/mol. The van der Waals surface area contributed by atoms with E-state index in [9.17, 15) is 9.59 Å². The van der Waals surface area contributed by atoms with Gasteiger partial charge in [-0.1, -0.05) is 28.9 Å². The Morgan fingerprint density at radius 3 is 2.58 bits per heavy atom. The summed E-state index contributed by atoms with van der Waals surface area (Å²) < 4.78 is 1.26. The molecule has 1 N–H and O–H groups in total. The second-order valence-corrected chi connectivity index (χ2v) is 6.30. The van der Waals surface area contributed by atoms with Gasteiger partial charge in [0.1, 0.15) is 6.54 Å². The van der Waals surface area contributed by atoms with Crippen LogP contribution in [0, 0.1) is 0 Å². The molecular weight excluding hydrogens is 332 g/mol. The molecule has 1 unspecified atom stereocenters. The number of carbonyl (C=O) groups excluding carboxylic acids is 1. The average molecular weight is 349 g/mol. The minimum Gasteiger partial charge on any atom is -0.476 e. The van der Waals surface area contributed by atoms with Gasteiger partial charge in [-0.05, 0) is 37.5 Å². The molecule has 0 aliphatic heterocycles. The number of hydrogen-bond acceptors (Lipinski definition) is 4. The molecule has 1 aromatic heterocycles. The van der Waals surface area contributed by atoms with Crippen molar-refractivity contribution < 1.29 is 14.7 Å². The Morgan fingerprint density at radius 2 is 2.04 bits per heavy atom. The van der Waals surface area contributed by atoms with Gasteiger partial charge >= 0.3 is 5.97 Å². The van der Waals surface area contributed by atoms with E-state index in [0.29, 0.717) is 5.02 Å². The van der Waals surface area contributed by atoms with E-state index in [0.717, 1.165) is 18.4 Å². The minimum atomic E-state index is -1.16. The Bertz CT molecular complexity index is 755. The van der Waals surface area contributed by atoms with Crippen molar-refractivity contribution in [2.45, 2.75) is 38.4 Å². The van der Waals surface area contributed by atoms with Crippen LogP contribution in [-0.4, -0.2) is 42.9 Å².